The molecule has 3 aliphatic rings. The van der Waals surface area contributed by atoms with E-state index in [1.54, 1.807) is 0 Å². The van der Waals surface area contributed by atoms with Gasteiger partial charge in [0.2, 0.25) is 0 Å². The summed E-state index contributed by atoms with van der Waals surface area (Å²) in [4.78, 5) is 0. The van der Waals surface area contributed by atoms with E-state index in [0.717, 1.165) is 18.4 Å². The molecule has 3 fully saturated rings. The molecule has 2 atom stereocenters. The molecule has 21 heavy (non-hydrogen) atoms. The lowest BCUT2D eigenvalue weighted by Crippen LogP contribution is -2.50. The first-order valence-electron chi connectivity index (χ1n) is 9.41. The number of nitrogens with two attached hydrogens (primary N) is 1. The maximum absolute atomic E-state index is 6.25. The van der Waals surface area contributed by atoms with E-state index in [1.165, 1.54) is 83.5 Å². The molecule has 2 saturated carbocycles. The predicted octanol–water partition coefficient (Wildman–Crippen LogP) is 3.92. The minimum absolute atomic E-state index is 0.211. The fraction of sp³-hybridized carbons (Fsp3) is 1.00. The number of hydrogen-bond acceptors (Lipinski definition) is 3. The van der Waals surface area contributed by atoms with Crippen LogP contribution >= 0.6 is 0 Å². The number of nitrogens with one attached hydrogen (secondary N) is 1. The molecule has 2 unspecified atom stereocenters. The highest BCUT2D eigenvalue weighted by atomic mass is 16.5. The lowest BCUT2D eigenvalue weighted by atomic mass is 9.72. The van der Waals surface area contributed by atoms with E-state index in [-0.39, 0.29) is 5.60 Å². The molecule has 0 aromatic rings. The highest BCUT2D eigenvalue weighted by Crippen LogP contribution is 2.42. The Kier molecular flexibility index (Phi) is 5.58. The summed E-state index contributed by atoms with van der Waals surface area (Å²) in [6, 6.07) is 0.510. The Labute approximate surface area is 130 Å². The second-order valence-corrected chi connectivity index (χ2v) is 7.86. The molecule has 2 aliphatic carbocycles. The summed E-state index contributed by atoms with van der Waals surface area (Å²) in [5.74, 6) is 7.58. The van der Waals surface area contributed by atoms with Crippen LogP contribution in [0.3, 0.4) is 0 Å². The summed E-state index contributed by atoms with van der Waals surface area (Å²) in [5, 5.41) is 0. The zero-order valence-corrected chi connectivity index (χ0v) is 13.6. The molecular weight excluding hydrogens is 260 g/mol. The highest BCUT2D eigenvalue weighted by Gasteiger charge is 2.40. The molecule has 0 aromatic heterocycles. The zero-order valence-electron chi connectivity index (χ0n) is 13.6. The van der Waals surface area contributed by atoms with Crippen LogP contribution in [0.25, 0.3) is 0 Å². The molecular formula is C18H34N2O. The van der Waals surface area contributed by atoms with E-state index < -0.39 is 0 Å². The Morgan fingerprint density at radius 2 is 1.71 bits per heavy atom. The average Bonchev–Trinajstić information content (AvgIpc) is 2.54. The van der Waals surface area contributed by atoms with Crippen molar-refractivity contribution in [3.8, 4) is 0 Å². The average molecular weight is 294 g/mol. The van der Waals surface area contributed by atoms with E-state index in [1.807, 2.05) is 0 Å². The monoisotopic (exact) mass is 294 g/mol. The first kappa shape index (κ1) is 15.8. The maximum atomic E-state index is 6.25. The van der Waals surface area contributed by atoms with Crippen molar-refractivity contribution in [2.24, 2.45) is 17.7 Å². The van der Waals surface area contributed by atoms with Crippen molar-refractivity contribution in [3.05, 3.63) is 0 Å². The molecule has 0 aromatic carbocycles. The van der Waals surface area contributed by atoms with E-state index in [0.29, 0.717) is 6.04 Å². The van der Waals surface area contributed by atoms with Crippen molar-refractivity contribution in [2.45, 2.75) is 95.1 Å². The SMILES string of the molecule is NNC(CC1CCCCC1)C1CCOC2(CCCCC2)C1. The van der Waals surface area contributed by atoms with Crippen LogP contribution in [0.1, 0.15) is 83.5 Å². The third-order valence-corrected chi connectivity index (χ3v) is 6.39. The van der Waals surface area contributed by atoms with Gasteiger partial charge in [-0.2, -0.15) is 0 Å². The van der Waals surface area contributed by atoms with Gasteiger partial charge in [-0.3, -0.25) is 11.3 Å². The second kappa shape index (κ2) is 7.43. The van der Waals surface area contributed by atoms with Gasteiger partial charge in [-0.1, -0.05) is 51.4 Å². The van der Waals surface area contributed by atoms with Crippen LogP contribution in [-0.4, -0.2) is 18.2 Å². The maximum Gasteiger partial charge on any atom is 0.0685 e. The van der Waals surface area contributed by atoms with Crippen LogP contribution < -0.4 is 11.3 Å². The molecule has 3 nitrogen and oxygen atoms in total. The van der Waals surface area contributed by atoms with Crippen LogP contribution in [0, 0.1) is 11.8 Å². The van der Waals surface area contributed by atoms with Crippen molar-refractivity contribution in [3.63, 3.8) is 0 Å². The molecule has 3 N–H and O–H groups in total. The molecule has 1 heterocycles. The van der Waals surface area contributed by atoms with Gasteiger partial charge in [0.05, 0.1) is 5.60 Å². The fourth-order valence-corrected chi connectivity index (χ4v) is 5.13. The summed E-state index contributed by atoms with van der Waals surface area (Å²) in [6.07, 6.45) is 17.6. The van der Waals surface area contributed by atoms with Gasteiger partial charge in [0.15, 0.2) is 0 Å². The normalized spacial score (nSPS) is 32.1. The Bertz CT molecular complexity index is 303. The zero-order chi connectivity index (χ0) is 14.5. The topological polar surface area (TPSA) is 47.3 Å². The first-order valence-corrected chi connectivity index (χ1v) is 9.41. The van der Waals surface area contributed by atoms with Crippen molar-refractivity contribution in [1.29, 1.82) is 0 Å². The fourth-order valence-electron chi connectivity index (χ4n) is 5.13. The third-order valence-electron chi connectivity index (χ3n) is 6.39. The molecule has 1 saturated heterocycles. The number of hydrogen-bond donors (Lipinski definition) is 2. The van der Waals surface area contributed by atoms with Gasteiger partial charge in [0.25, 0.3) is 0 Å². The van der Waals surface area contributed by atoms with Crippen molar-refractivity contribution in [1.82, 2.24) is 5.43 Å². The summed E-state index contributed by atoms with van der Waals surface area (Å²) in [6.45, 7) is 0.952. The molecule has 0 bridgehead atoms. The van der Waals surface area contributed by atoms with Gasteiger partial charge in [0, 0.05) is 12.6 Å². The van der Waals surface area contributed by atoms with E-state index >= 15 is 0 Å². The largest absolute Gasteiger partial charge is 0.375 e. The molecule has 1 aliphatic heterocycles. The number of ether oxygens (including phenoxy) is 1. The van der Waals surface area contributed by atoms with Crippen LogP contribution in [0.15, 0.2) is 0 Å². The van der Waals surface area contributed by atoms with E-state index in [9.17, 15) is 0 Å². The number of hydrazine groups is 1. The summed E-state index contributed by atoms with van der Waals surface area (Å²) in [5.41, 5.74) is 3.40. The van der Waals surface area contributed by atoms with Crippen molar-refractivity contribution in [2.75, 3.05) is 6.61 Å². The van der Waals surface area contributed by atoms with E-state index in [2.05, 4.69) is 5.43 Å². The molecule has 0 radical (unpaired) electrons. The molecule has 122 valence electrons. The van der Waals surface area contributed by atoms with Gasteiger partial charge in [-0.15, -0.1) is 0 Å². The first-order chi connectivity index (χ1) is 10.3. The minimum atomic E-state index is 0.211. The highest BCUT2D eigenvalue weighted by molar-refractivity contribution is 4.93. The van der Waals surface area contributed by atoms with Crippen LogP contribution in [-0.2, 0) is 4.74 Å². The van der Waals surface area contributed by atoms with Gasteiger partial charge in [-0.05, 0) is 43.9 Å². The van der Waals surface area contributed by atoms with Gasteiger partial charge < -0.3 is 4.74 Å². The Morgan fingerprint density at radius 3 is 2.43 bits per heavy atom. The Morgan fingerprint density at radius 1 is 1.00 bits per heavy atom. The van der Waals surface area contributed by atoms with Crippen LogP contribution in [0.2, 0.25) is 0 Å². The lowest BCUT2D eigenvalue weighted by molar-refractivity contribution is -0.122. The van der Waals surface area contributed by atoms with Crippen molar-refractivity contribution < 1.29 is 4.74 Å². The smallest absolute Gasteiger partial charge is 0.0685 e. The lowest BCUT2D eigenvalue weighted by Gasteiger charge is -2.46. The summed E-state index contributed by atoms with van der Waals surface area (Å²) < 4.78 is 6.25. The van der Waals surface area contributed by atoms with Gasteiger partial charge in [0.1, 0.15) is 0 Å². The molecule has 0 amide bonds. The van der Waals surface area contributed by atoms with Gasteiger partial charge >= 0.3 is 0 Å². The second-order valence-electron chi connectivity index (χ2n) is 7.86. The summed E-state index contributed by atoms with van der Waals surface area (Å²) in [7, 11) is 0. The standard InChI is InChI=1S/C18H34N2O/c19-20-17(13-15-7-3-1-4-8-15)16-9-12-21-18(14-16)10-5-2-6-11-18/h15-17,20H,1-14,19H2. The quantitative estimate of drug-likeness (QED) is 0.610. The number of rotatable bonds is 4. The van der Waals surface area contributed by atoms with Crippen LogP contribution in [0.4, 0.5) is 0 Å². The van der Waals surface area contributed by atoms with Crippen molar-refractivity contribution >= 4 is 0 Å². The van der Waals surface area contributed by atoms with Gasteiger partial charge in [-0.25, -0.2) is 0 Å². The molecule has 3 rings (SSSR count). The van der Waals surface area contributed by atoms with Crippen LogP contribution in [0.5, 0.6) is 0 Å². The molecule has 1 spiro atoms. The predicted molar refractivity (Wildman–Crippen MR) is 86.8 cm³/mol. The summed E-state index contributed by atoms with van der Waals surface area (Å²) >= 11 is 0. The third kappa shape index (κ3) is 4.00. The molecule has 3 heteroatoms. The van der Waals surface area contributed by atoms with E-state index in [4.69, 9.17) is 10.6 Å². The Hall–Kier alpha value is -0.120. The Balaban J connectivity index is 1.57. The minimum Gasteiger partial charge on any atom is -0.375 e.